The van der Waals surface area contributed by atoms with Gasteiger partial charge in [-0.15, -0.1) is 0 Å². The van der Waals surface area contributed by atoms with Crippen LogP contribution < -0.4 is 10.0 Å². The fourth-order valence-electron chi connectivity index (χ4n) is 3.11. The van der Waals surface area contributed by atoms with Crippen molar-refractivity contribution in [2.24, 2.45) is 0 Å². The minimum absolute atomic E-state index is 0.108. The van der Waals surface area contributed by atoms with Crippen LogP contribution in [-0.2, 0) is 22.9 Å². The van der Waals surface area contributed by atoms with E-state index < -0.39 is 10.0 Å². The summed E-state index contributed by atoms with van der Waals surface area (Å²) in [6.45, 7) is 4.10. The highest BCUT2D eigenvalue weighted by molar-refractivity contribution is 7.92. The van der Waals surface area contributed by atoms with Gasteiger partial charge in [-0.3, -0.25) is 9.52 Å². The molecule has 0 heterocycles. The van der Waals surface area contributed by atoms with Crippen LogP contribution in [0.4, 0.5) is 11.4 Å². The zero-order valence-electron chi connectivity index (χ0n) is 16.8. The van der Waals surface area contributed by atoms with Gasteiger partial charge in [0.05, 0.1) is 4.90 Å². The zero-order valence-corrected chi connectivity index (χ0v) is 18.3. The third-order valence-corrected chi connectivity index (χ3v) is 6.41. The molecule has 0 bridgehead atoms. The van der Waals surface area contributed by atoms with E-state index in [2.05, 4.69) is 10.0 Å². The van der Waals surface area contributed by atoms with E-state index in [4.69, 9.17) is 11.6 Å². The summed E-state index contributed by atoms with van der Waals surface area (Å²) < 4.78 is 27.5. The third kappa shape index (κ3) is 5.01. The average Bonchev–Trinajstić information content (AvgIpc) is 2.74. The summed E-state index contributed by atoms with van der Waals surface area (Å²) in [5.41, 5.74) is 3.81. The third-order valence-electron chi connectivity index (χ3n) is 4.76. The Kier molecular flexibility index (Phi) is 6.80. The van der Waals surface area contributed by atoms with Gasteiger partial charge in [-0.2, -0.15) is 0 Å². The maximum atomic E-state index is 12.7. The van der Waals surface area contributed by atoms with Crippen molar-refractivity contribution in [3.63, 3.8) is 0 Å². The van der Waals surface area contributed by atoms with E-state index in [1.165, 1.54) is 24.3 Å². The Morgan fingerprint density at radius 3 is 1.97 bits per heavy atom. The normalized spacial score (nSPS) is 11.2. The van der Waals surface area contributed by atoms with Crippen molar-refractivity contribution in [1.82, 2.24) is 0 Å². The molecule has 0 saturated heterocycles. The molecular weight excluding hydrogens is 420 g/mol. The molecular formula is C23H23ClN2O3S. The molecule has 2 N–H and O–H groups in total. The largest absolute Gasteiger partial charge is 0.321 e. The maximum absolute atomic E-state index is 12.7. The molecule has 5 nitrogen and oxygen atoms in total. The van der Waals surface area contributed by atoms with Gasteiger partial charge in [0.2, 0.25) is 0 Å². The van der Waals surface area contributed by atoms with Crippen molar-refractivity contribution >= 4 is 38.9 Å². The van der Waals surface area contributed by atoms with Crippen LogP contribution in [0.25, 0.3) is 0 Å². The molecule has 0 fully saturated rings. The molecule has 3 rings (SSSR count). The summed E-state index contributed by atoms with van der Waals surface area (Å²) >= 11 is 5.81. The summed E-state index contributed by atoms with van der Waals surface area (Å²) in [5, 5.41) is 3.46. The SMILES string of the molecule is CCc1cccc(CC)c1NC(=O)c1ccc(NS(=O)(=O)c2ccc(Cl)cc2)cc1. The number of carbonyl (C=O) groups excluding carboxylic acids is 1. The highest BCUT2D eigenvalue weighted by Gasteiger charge is 2.15. The number of rotatable bonds is 7. The molecule has 0 spiro atoms. The monoisotopic (exact) mass is 442 g/mol. The van der Waals surface area contributed by atoms with Crippen molar-refractivity contribution in [2.45, 2.75) is 31.6 Å². The molecule has 0 aliphatic heterocycles. The van der Waals surface area contributed by atoms with Gasteiger partial charge in [-0.25, -0.2) is 8.42 Å². The highest BCUT2D eigenvalue weighted by atomic mass is 35.5. The molecule has 0 atom stereocenters. The second-order valence-electron chi connectivity index (χ2n) is 6.75. The lowest BCUT2D eigenvalue weighted by Crippen LogP contribution is -2.15. The Hall–Kier alpha value is -2.83. The molecule has 0 aliphatic rings. The fourth-order valence-corrected chi connectivity index (χ4v) is 4.29. The number of aryl methyl sites for hydroxylation is 2. The first-order valence-corrected chi connectivity index (χ1v) is 11.5. The second kappa shape index (κ2) is 9.32. The number of anilines is 2. The summed E-state index contributed by atoms with van der Waals surface area (Å²) in [6, 6.07) is 18.2. The lowest BCUT2D eigenvalue weighted by atomic mass is 10.0. The summed E-state index contributed by atoms with van der Waals surface area (Å²) in [4.78, 5) is 12.8. The number of hydrogen-bond donors (Lipinski definition) is 2. The predicted octanol–water partition coefficient (Wildman–Crippen LogP) is 5.52. The summed E-state index contributed by atoms with van der Waals surface area (Å²) in [5.74, 6) is -0.238. The Morgan fingerprint density at radius 2 is 1.43 bits per heavy atom. The van der Waals surface area contributed by atoms with Crippen molar-refractivity contribution < 1.29 is 13.2 Å². The maximum Gasteiger partial charge on any atom is 0.261 e. The van der Waals surface area contributed by atoms with Gasteiger partial charge in [-0.05, 0) is 72.5 Å². The number of hydrogen-bond acceptors (Lipinski definition) is 3. The second-order valence-corrected chi connectivity index (χ2v) is 8.87. The number of carbonyl (C=O) groups is 1. The Balaban J connectivity index is 1.76. The zero-order chi connectivity index (χ0) is 21.7. The lowest BCUT2D eigenvalue weighted by molar-refractivity contribution is 0.102. The van der Waals surface area contributed by atoms with Crippen LogP contribution >= 0.6 is 11.6 Å². The van der Waals surface area contributed by atoms with Crippen molar-refractivity contribution in [3.05, 3.63) is 88.4 Å². The molecule has 3 aromatic rings. The van der Waals surface area contributed by atoms with Crippen LogP contribution in [0, 0.1) is 0 Å². The fraction of sp³-hybridized carbons (Fsp3) is 0.174. The van der Waals surface area contributed by atoms with E-state index in [1.807, 2.05) is 32.0 Å². The molecule has 7 heteroatoms. The van der Waals surface area contributed by atoms with Crippen LogP contribution in [0.3, 0.4) is 0 Å². The van der Waals surface area contributed by atoms with Crippen molar-refractivity contribution in [2.75, 3.05) is 10.0 Å². The van der Waals surface area contributed by atoms with E-state index in [0.29, 0.717) is 16.3 Å². The molecule has 1 amide bonds. The van der Waals surface area contributed by atoms with Crippen LogP contribution in [0.2, 0.25) is 5.02 Å². The topological polar surface area (TPSA) is 75.3 Å². The van der Waals surface area contributed by atoms with Crippen LogP contribution in [0.15, 0.2) is 71.6 Å². The summed E-state index contributed by atoms with van der Waals surface area (Å²) in [7, 11) is -3.74. The smallest absolute Gasteiger partial charge is 0.261 e. The minimum Gasteiger partial charge on any atom is -0.321 e. The van der Waals surface area contributed by atoms with Crippen LogP contribution in [0.1, 0.15) is 35.3 Å². The minimum atomic E-state index is -3.74. The molecule has 0 saturated carbocycles. The van der Waals surface area contributed by atoms with Crippen LogP contribution in [0.5, 0.6) is 0 Å². The Morgan fingerprint density at radius 1 is 0.867 bits per heavy atom. The predicted molar refractivity (Wildman–Crippen MR) is 122 cm³/mol. The first-order valence-electron chi connectivity index (χ1n) is 9.64. The highest BCUT2D eigenvalue weighted by Crippen LogP contribution is 2.24. The number of para-hydroxylation sites is 1. The van der Waals surface area contributed by atoms with Gasteiger partial charge < -0.3 is 5.32 Å². The van der Waals surface area contributed by atoms with Gasteiger partial charge in [0.15, 0.2) is 0 Å². The quantitative estimate of drug-likeness (QED) is 0.506. The van der Waals surface area contributed by atoms with Gasteiger partial charge >= 0.3 is 0 Å². The first-order chi connectivity index (χ1) is 14.3. The van der Waals surface area contributed by atoms with Crippen LogP contribution in [-0.4, -0.2) is 14.3 Å². The van der Waals surface area contributed by atoms with E-state index in [1.54, 1.807) is 24.3 Å². The standard InChI is InChI=1S/C23H23ClN2O3S/c1-3-16-6-5-7-17(4-2)22(16)25-23(27)18-8-12-20(13-9-18)26-30(28,29)21-14-10-19(24)11-15-21/h5-15,26H,3-4H2,1-2H3,(H,25,27). The van der Waals surface area contributed by atoms with Gasteiger partial charge in [0.1, 0.15) is 0 Å². The number of benzene rings is 3. The molecule has 156 valence electrons. The van der Waals surface area contributed by atoms with Crippen molar-refractivity contribution in [3.8, 4) is 0 Å². The number of amides is 1. The van der Waals surface area contributed by atoms with Gasteiger partial charge in [0.25, 0.3) is 15.9 Å². The van der Waals surface area contributed by atoms with Gasteiger partial charge in [-0.1, -0.05) is 43.6 Å². The van der Waals surface area contributed by atoms with Crippen molar-refractivity contribution in [1.29, 1.82) is 0 Å². The molecule has 0 aliphatic carbocycles. The van der Waals surface area contributed by atoms with E-state index in [9.17, 15) is 13.2 Å². The lowest BCUT2D eigenvalue weighted by Gasteiger charge is -2.15. The summed E-state index contributed by atoms with van der Waals surface area (Å²) in [6.07, 6.45) is 1.63. The number of sulfonamides is 1. The Labute approximate surface area is 182 Å². The number of nitrogens with one attached hydrogen (secondary N) is 2. The number of halogens is 1. The van der Waals surface area contributed by atoms with E-state index in [-0.39, 0.29) is 10.8 Å². The molecule has 30 heavy (non-hydrogen) atoms. The van der Waals surface area contributed by atoms with Gasteiger partial charge in [0, 0.05) is 22.0 Å². The van der Waals surface area contributed by atoms with E-state index >= 15 is 0 Å². The first kappa shape index (κ1) is 21.9. The molecule has 0 unspecified atom stereocenters. The van der Waals surface area contributed by atoms with E-state index in [0.717, 1.165) is 29.7 Å². The molecule has 0 radical (unpaired) electrons. The molecule has 0 aromatic heterocycles. The average molecular weight is 443 g/mol. The Bertz CT molecular complexity index is 1120. The molecule has 3 aromatic carbocycles.